The molecule has 1 aliphatic heterocycles. The van der Waals surface area contributed by atoms with Crippen molar-refractivity contribution < 1.29 is 0 Å². The van der Waals surface area contributed by atoms with Crippen LogP contribution in [-0.4, -0.2) is 12.1 Å². The normalized spacial score (nSPS) is 29.8. The first kappa shape index (κ1) is 12.4. The van der Waals surface area contributed by atoms with Crippen LogP contribution in [0.1, 0.15) is 77.6 Å². The molecule has 94 valence electrons. The minimum Gasteiger partial charge on any atom is -0.311 e. The van der Waals surface area contributed by atoms with Crippen LogP contribution in [0.15, 0.2) is 0 Å². The lowest BCUT2D eigenvalue weighted by Gasteiger charge is -2.30. The minimum absolute atomic E-state index is 0.602. The van der Waals surface area contributed by atoms with Crippen LogP contribution >= 0.6 is 0 Å². The van der Waals surface area contributed by atoms with Gasteiger partial charge in [0.25, 0.3) is 0 Å². The first-order valence-corrected chi connectivity index (χ1v) is 7.62. The van der Waals surface area contributed by atoms with Crippen LogP contribution in [-0.2, 0) is 0 Å². The van der Waals surface area contributed by atoms with Gasteiger partial charge >= 0.3 is 0 Å². The third-order valence-electron chi connectivity index (χ3n) is 4.61. The quantitative estimate of drug-likeness (QED) is 0.606. The average molecular weight is 223 g/mol. The first-order valence-electron chi connectivity index (χ1n) is 7.62. The highest BCUT2D eigenvalue weighted by Crippen LogP contribution is 2.46. The zero-order valence-corrected chi connectivity index (χ0v) is 11.1. The summed E-state index contributed by atoms with van der Waals surface area (Å²) in [6.07, 6.45) is 16.0. The largest absolute Gasteiger partial charge is 0.311 e. The second-order valence-corrected chi connectivity index (χ2v) is 5.98. The molecule has 2 fully saturated rings. The summed E-state index contributed by atoms with van der Waals surface area (Å²) in [5.41, 5.74) is 0.602. The Hall–Kier alpha value is -0.0400. The van der Waals surface area contributed by atoms with Crippen molar-refractivity contribution in [1.82, 2.24) is 5.32 Å². The van der Waals surface area contributed by atoms with Crippen LogP contribution in [0.4, 0.5) is 0 Å². The Kier molecular flexibility index (Phi) is 4.69. The predicted octanol–water partition coefficient (Wildman–Crippen LogP) is 4.27. The van der Waals surface area contributed by atoms with Gasteiger partial charge in [0.2, 0.25) is 0 Å². The van der Waals surface area contributed by atoms with Gasteiger partial charge in [-0.25, -0.2) is 0 Å². The van der Waals surface area contributed by atoms with E-state index in [-0.39, 0.29) is 0 Å². The Morgan fingerprint density at radius 2 is 1.81 bits per heavy atom. The molecule has 0 aromatic rings. The fraction of sp³-hybridized carbons (Fsp3) is 1.00. The number of hydrogen-bond donors (Lipinski definition) is 1. The molecule has 0 aromatic heterocycles. The Labute approximate surface area is 101 Å². The first-order chi connectivity index (χ1) is 7.87. The molecule has 1 aliphatic carbocycles. The van der Waals surface area contributed by atoms with Gasteiger partial charge in [0.1, 0.15) is 0 Å². The zero-order chi connectivity index (χ0) is 11.3. The van der Waals surface area contributed by atoms with Crippen molar-refractivity contribution in [3.63, 3.8) is 0 Å². The van der Waals surface area contributed by atoms with Gasteiger partial charge in [-0.1, -0.05) is 45.4 Å². The molecular weight excluding hydrogens is 194 g/mol. The molecule has 0 spiro atoms. The second kappa shape index (κ2) is 6.05. The standard InChI is InChI=1S/C15H29N/c1-2-3-4-5-6-7-11-15(14-9-10-14)12-8-13-16-15/h14,16H,2-13H2,1H3. The summed E-state index contributed by atoms with van der Waals surface area (Å²) in [6.45, 7) is 3.58. The fourth-order valence-corrected chi connectivity index (χ4v) is 3.45. The lowest BCUT2D eigenvalue weighted by atomic mass is 9.85. The average Bonchev–Trinajstić information content (AvgIpc) is 3.05. The molecule has 2 aliphatic rings. The monoisotopic (exact) mass is 223 g/mol. The van der Waals surface area contributed by atoms with Gasteiger partial charge in [-0.2, -0.15) is 0 Å². The van der Waals surface area contributed by atoms with Crippen molar-refractivity contribution in [2.45, 2.75) is 83.1 Å². The van der Waals surface area contributed by atoms with Gasteiger partial charge in [-0.15, -0.1) is 0 Å². The van der Waals surface area contributed by atoms with Gasteiger partial charge in [-0.3, -0.25) is 0 Å². The Morgan fingerprint density at radius 1 is 1.06 bits per heavy atom. The SMILES string of the molecule is CCCCCCCCC1(C2CC2)CCCN1. The number of rotatable bonds is 8. The third kappa shape index (κ3) is 3.23. The molecule has 1 saturated heterocycles. The van der Waals surface area contributed by atoms with E-state index >= 15 is 0 Å². The molecule has 1 heterocycles. The molecule has 1 atom stereocenters. The van der Waals surface area contributed by atoms with Crippen molar-refractivity contribution in [2.24, 2.45) is 5.92 Å². The van der Waals surface area contributed by atoms with Crippen molar-refractivity contribution >= 4 is 0 Å². The topological polar surface area (TPSA) is 12.0 Å². The minimum atomic E-state index is 0.602. The highest BCUT2D eigenvalue weighted by molar-refractivity contribution is 5.03. The van der Waals surface area contributed by atoms with Gasteiger partial charge in [0.05, 0.1) is 0 Å². The van der Waals surface area contributed by atoms with Crippen molar-refractivity contribution in [2.75, 3.05) is 6.54 Å². The van der Waals surface area contributed by atoms with E-state index in [4.69, 9.17) is 0 Å². The Bertz CT molecular complexity index is 190. The smallest absolute Gasteiger partial charge is 0.0210 e. The molecule has 1 saturated carbocycles. The van der Waals surface area contributed by atoms with Crippen LogP contribution in [0.3, 0.4) is 0 Å². The molecule has 16 heavy (non-hydrogen) atoms. The summed E-state index contributed by atoms with van der Waals surface area (Å²) in [5.74, 6) is 1.05. The highest BCUT2D eigenvalue weighted by atomic mass is 15.0. The molecule has 0 bridgehead atoms. The lowest BCUT2D eigenvalue weighted by molar-refractivity contribution is 0.290. The van der Waals surface area contributed by atoms with Crippen molar-refractivity contribution in [1.29, 1.82) is 0 Å². The molecule has 0 amide bonds. The molecule has 0 aromatic carbocycles. The van der Waals surface area contributed by atoms with E-state index < -0.39 is 0 Å². The van der Waals surface area contributed by atoms with Crippen LogP contribution < -0.4 is 5.32 Å². The van der Waals surface area contributed by atoms with E-state index in [1.807, 2.05) is 0 Å². The van der Waals surface area contributed by atoms with Crippen LogP contribution in [0.2, 0.25) is 0 Å². The maximum atomic E-state index is 3.83. The maximum absolute atomic E-state index is 3.83. The molecule has 2 rings (SSSR count). The lowest BCUT2D eigenvalue weighted by Crippen LogP contribution is -2.41. The summed E-state index contributed by atoms with van der Waals surface area (Å²) in [7, 11) is 0. The number of nitrogens with one attached hydrogen (secondary N) is 1. The Balaban J connectivity index is 1.60. The molecular formula is C15H29N. The summed E-state index contributed by atoms with van der Waals surface area (Å²) < 4.78 is 0. The molecule has 1 nitrogen and oxygen atoms in total. The molecule has 1 unspecified atom stereocenters. The van der Waals surface area contributed by atoms with Crippen LogP contribution in [0.25, 0.3) is 0 Å². The van der Waals surface area contributed by atoms with Crippen molar-refractivity contribution in [3.8, 4) is 0 Å². The van der Waals surface area contributed by atoms with Gasteiger partial charge in [-0.05, 0) is 44.6 Å². The van der Waals surface area contributed by atoms with Gasteiger partial charge < -0.3 is 5.32 Å². The van der Waals surface area contributed by atoms with Crippen LogP contribution in [0, 0.1) is 5.92 Å². The van der Waals surface area contributed by atoms with E-state index in [2.05, 4.69) is 12.2 Å². The summed E-state index contributed by atoms with van der Waals surface area (Å²) in [6, 6.07) is 0. The summed E-state index contributed by atoms with van der Waals surface area (Å²) in [5, 5.41) is 3.83. The highest BCUT2D eigenvalue weighted by Gasteiger charge is 2.45. The molecule has 1 N–H and O–H groups in total. The van der Waals surface area contributed by atoms with E-state index in [0.29, 0.717) is 5.54 Å². The Morgan fingerprint density at radius 3 is 2.44 bits per heavy atom. The predicted molar refractivity (Wildman–Crippen MR) is 70.7 cm³/mol. The summed E-state index contributed by atoms with van der Waals surface area (Å²) >= 11 is 0. The third-order valence-corrected chi connectivity index (χ3v) is 4.61. The van der Waals surface area contributed by atoms with Crippen LogP contribution in [0.5, 0.6) is 0 Å². The maximum Gasteiger partial charge on any atom is 0.0210 e. The van der Waals surface area contributed by atoms with E-state index in [1.165, 1.54) is 77.2 Å². The van der Waals surface area contributed by atoms with E-state index in [0.717, 1.165) is 5.92 Å². The summed E-state index contributed by atoms with van der Waals surface area (Å²) in [4.78, 5) is 0. The van der Waals surface area contributed by atoms with Gasteiger partial charge in [0.15, 0.2) is 0 Å². The number of unbranched alkanes of at least 4 members (excludes halogenated alkanes) is 5. The van der Waals surface area contributed by atoms with E-state index in [9.17, 15) is 0 Å². The van der Waals surface area contributed by atoms with Crippen molar-refractivity contribution in [3.05, 3.63) is 0 Å². The molecule has 0 radical (unpaired) electrons. The molecule has 1 heteroatoms. The second-order valence-electron chi connectivity index (χ2n) is 5.98. The zero-order valence-electron chi connectivity index (χ0n) is 11.1. The number of hydrogen-bond acceptors (Lipinski definition) is 1. The fourth-order valence-electron chi connectivity index (χ4n) is 3.45. The van der Waals surface area contributed by atoms with Gasteiger partial charge in [0, 0.05) is 5.54 Å². The van der Waals surface area contributed by atoms with E-state index in [1.54, 1.807) is 0 Å².